The number of allylic oxidation sites excluding steroid dienone is 10. The molecule has 0 aliphatic rings. The van der Waals surface area contributed by atoms with Gasteiger partial charge in [-0.15, -0.1) is 0 Å². The number of hydrogen-bond donors (Lipinski definition) is 0. The Morgan fingerprint density at radius 2 is 0.450 bits per heavy atom. The number of ether oxygens (including phenoxy) is 3. The van der Waals surface area contributed by atoms with E-state index in [9.17, 15) is 14.4 Å². The number of esters is 3. The van der Waals surface area contributed by atoms with Crippen LogP contribution in [0.2, 0.25) is 0 Å². The lowest BCUT2D eigenvalue weighted by molar-refractivity contribution is -0.167. The van der Waals surface area contributed by atoms with Crippen LogP contribution in [0.5, 0.6) is 0 Å². The van der Waals surface area contributed by atoms with E-state index in [4.69, 9.17) is 14.2 Å². The van der Waals surface area contributed by atoms with Crippen molar-refractivity contribution >= 4 is 17.9 Å². The van der Waals surface area contributed by atoms with Crippen LogP contribution in [0.4, 0.5) is 0 Å². The Labute approximate surface area is 498 Å². The lowest BCUT2D eigenvalue weighted by Crippen LogP contribution is -2.30. The Bertz CT molecular complexity index is 1430. The van der Waals surface area contributed by atoms with E-state index in [2.05, 4.69) is 81.5 Å². The van der Waals surface area contributed by atoms with Crippen LogP contribution < -0.4 is 0 Å². The molecule has 1 atom stereocenters. The molecule has 0 fully saturated rings. The first-order valence-corrected chi connectivity index (χ1v) is 35.3. The molecule has 0 heterocycles. The third kappa shape index (κ3) is 65.9. The minimum absolute atomic E-state index is 0.0712. The van der Waals surface area contributed by atoms with Gasteiger partial charge < -0.3 is 14.2 Å². The summed E-state index contributed by atoms with van der Waals surface area (Å²) in [5, 5.41) is 0. The lowest BCUT2D eigenvalue weighted by atomic mass is 10.0. The zero-order valence-corrected chi connectivity index (χ0v) is 53.6. The molecule has 0 bridgehead atoms. The summed E-state index contributed by atoms with van der Waals surface area (Å²) in [5.41, 5.74) is 0. The van der Waals surface area contributed by atoms with E-state index in [0.717, 1.165) is 77.0 Å². The zero-order chi connectivity index (χ0) is 57.8. The molecule has 0 aromatic heterocycles. The predicted octanol–water partition coefficient (Wildman–Crippen LogP) is 24.3. The molecule has 0 aliphatic heterocycles. The van der Waals surface area contributed by atoms with Crippen molar-refractivity contribution in [3.63, 3.8) is 0 Å². The van der Waals surface area contributed by atoms with E-state index in [1.807, 2.05) is 0 Å². The van der Waals surface area contributed by atoms with E-state index < -0.39 is 6.10 Å². The van der Waals surface area contributed by atoms with E-state index >= 15 is 0 Å². The van der Waals surface area contributed by atoms with Gasteiger partial charge in [-0.2, -0.15) is 0 Å². The fourth-order valence-corrected chi connectivity index (χ4v) is 10.4. The maximum Gasteiger partial charge on any atom is 0.306 e. The van der Waals surface area contributed by atoms with Crippen LogP contribution in [0.3, 0.4) is 0 Å². The summed E-state index contributed by atoms with van der Waals surface area (Å²) >= 11 is 0. The highest BCUT2D eigenvalue weighted by Gasteiger charge is 2.19. The molecule has 466 valence electrons. The predicted molar refractivity (Wildman–Crippen MR) is 348 cm³/mol. The number of carbonyl (C=O) groups is 3. The molecule has 6 heteroatoms. The highest BCUT2D eigenvalue weighted by molar-refractivity contribution is 5.71. The van der Waals surface area contributed by atoms with Gasteiger partial charge in [-0.05, 0) is 89.9 Å². The second-order valence-electron chi connectivity index (χ2n) is 23.8. The molecule has 0 aliphatic carbocycles. The molecule has 0 saturated heterocycles. The number of rotatable bonds is 65. The van der Waals surface area contributed by atoms with Gasteiger partial charge in [-0.1, -0.05) is 326 Å². The second kappa shape index (κ2) is 68.6. The maximum absolute atomic E-state index is 12.9. The van der Waals surface area contributed by atoms with Gasteiger partial charge in [0.25, 0.3) is 0 Å². The van der Waals surface area contributed by atoms with Crippen molar-refractivity contribution in [3.8, 4) is 0 Å². The van der Waals surface area contributed by atoms with E-state index in [0.29, 0.717) is 19.3 Å². The van der Waals surface area contributed by atoms with Gasteiger partial charge in [0.2, 0.25) is 0 Å². The van der Waals surface area contributed by atoms with Gasteiger partial charge in [0, 0.05) is 19.3 Å². The first-order valence-electron chi connectivity index (χ1n) is 35.3. The average molecular weight is 1120 g/mol. The Balaban J connectivity index is 4.24. The first kappa shape index (κ1) is 77.1. The topological polar surface area (TPSA) is 78.9 Å². The quantitative estimate of drug-likeness (QED) is 0.0261. The minimum Gasteiger partial charge on any atom is -0.462 e. The fraction of sp³-hybridized carbons (Fsp3) is 0.824. The van der Waals surface area contributed by atoms with Crippen LogP contribution in [-0.2, 0) is 28.6 Å². The van der Waals surface area contributed by atoms with Crippen molar-refractivity contribution in [2.45, 2.75) is 380 Å². The molecule has 0 amide bonds. The molecule has 0 spiro atoms. The van der Waals surface area contributed by atoms with Crippen LogP contribution >= 0.6 is 0 Å². The maximum atomic E-state index is 12.9. The normalized spacial score (nSPS) is 12.4. The van der Waals surface area contributed by atoms with Crippen LogP contribution in [0, 0.1) is 0 Å². The van der Waals surface area contributed by atoms with Gasteiger partial charge in [0.1, 0.15) is 13.2 Å². The monoisotopic (exact) mass is 1120 g/mol. The molecule has 0 N–H and O–H groups in total. The summed E-state index contributed by atoms with van der Waals surface area (Å²) in [6.45, 7) is 6.67. The highest BCUT2D eigenvalue weighted by atomic mass is 16.6. The van der Waals surface area contributed by atoms with Crippen molar-refractivity contribution in [3.05, 3.63) is 60.8 Å². The number of hydrogen-bond acceptors (Lipinski definition) is 6. The summed E-state index contributed by atoms with van der Waals surface area (Å²) in [6, 6.07) is 0. The van der Waals surface area contributed by atoms with Crippen LogP contribution in [0.25, 0.3) is 0 Å². The van der Waals surface area contributed by atoms with Crippen molar-refractivity contribution < 1.29 is 28.6 Å². The van der Waals surface area contributed by atoms with Crippen molar-refractivity contribution in [1.29, 1.82) is 0 Å². The van der Waals surface area contributed by atoms with Gasteiger partial charge >= 0.3 is 17.9 Å². The van der Waals surface area contributed by atoms with Gasteiger partial charge in [-0.25, -0.2) is 0 Å². The van der Waals surface area contributed by atoms with Crippen LogP contribution in [0.1, 0.15) is 374 Å². The molecule has 80 heavy (non-hydrogen) atoms. The van der Waals surface area contributed by atoms with Gasteiger partial charge in [0.15, 0.2) is 6.10 Å². The number of unbranched alkanes of at least 4 members (excludes halogenated alkanes) is 44. The zero-order valence-electron chi connectivity index (χ0n) is 53.6. The molecular weight excluding hydrogens is 985 g/mol. The summed E-state index contributed by atoms with van der Waals surface area (Å²) in [6.07, 6.45) is 88.1. The first-order chi connectivity index (χ1) is 39.5. The van der Waals surface area contributed by atoms with E-state index in [1.54, 1.807) is 0 Å². The van der Waals surface area contributed by atoms with Crippen LogP contribution in [0.15, 0.2) is 60.8 Å². The fourth-order valence-electron chi connectivity index (χ4n) is 10.4. The molecule has 0 aromatic carbocycles. The second-order valence-corrected chi connectivity index (χ2v) is 23.8. The molecular formula is C74H134O6. The summed E-state index contributed by atoms with van der Waals surface area (Å²) in [4.78, 5) is 38.4. The van der Waals surface area contributed by atoms with E-state index in [1.165, 1.54) is 257 Å². The Hall–Kier alpha value is -2.89. The Morgan fingerprint density at radius 1 is 0.250 bits per heavy atom. The summed E-state index contributed by atoms with van der Waals surface area (Å²) in [5.74, 6) is -0.853. The van der Waals surface area contributed by atoms with Crippen molar-refractivity contribution in [1.82, 2.24) is 0 Å². The van der Waals surface area contributed by atoms with Gasteiger partial charge in [-0.3, -0.25) is 14.4 Å². The lowest BCUT2D eigenvalue weighted by Gasteiger charge is -2.18. The SMILES string of the molecule is CCCCCCC/C=C\C/C=C\C/C=C\CCCCCCCCCCCCCCC(=O)OCC(COC(=O)CCCCCCCCCCCCCC)OC(=O)CCCCCCCCCCCCC/C=C\C/C=C\CCCCCCC. The Kier molecular flexibility index (Phi) is 66.1. The van der Waals surface area contributed by atoms with Crippen LogP contribution in [-0.4, -0.2) is 37.2 Å². The molecule has 0 saturated carbocycles. The largest absolute Gasteiger partial charge is 0.462 e. The molecule has 0 aromatic rings. The smallest absolute Gasteiger partial charge is 0.306 e. The van der Waals surface area contributed by atoms with Gasteiger partial charge in [0.05, 0.1) is 0 Å². The molecule has 6 nitrogen and oxygen atoms in total. The molecule has 0 radical (unpaired) electrons. The summed E-state index contributed by atoms with van der Waals surface area (Å²) in [7, 11) is 0. The van der Waals surface area contributed by atoms with E-state index in [-0.39, 0.29) is 31.1 Å². The third-order valence-corrected chi connectivity index (χ3v) is 15.7. The Morgan fingerprint density at radius 3 is 0.700 bits per heavy atom. The minimum atomic E-state index is -0.775. The highest BCUT2D eigenvalue weighted by Crippen LogP contribution is 2.18. The van der Waals surface area contributed by atoms with Crippen molar-refractivity contribution in [2.75, 3.05) is 13.2 Å². The molecule has 0 rings (SSSR count). The third-order valence-electron chi connectivity index (χ3n) is 15.7. The van der Waals surface area contributed by atoms with Crippen molar-refractivity contribution in [2.24, 2.45) is 0 Å². The average Bonchev–Trinajstić information content (AvgIpc) is 3.46. The number of carbonyl (C=O) groups excluding carboxylic acids is 3. The summed E-state index contributed by atoms with van der Waals surface area (Å²) < 4.78 is 17.0. The standard InChI is InChI=1S/C74H134O6/c1-4-7-10-13-16-19-22-25-27-29-31-33-35-36-37-38-40-41-43-45-47-49-52-55-58-61-64-67-73(76)79-70-71(69-78-72(75)66-63-60-57-54-51-24-21-18-15-12-9-6-3)80-74(77)68-65-62-59-56-53-50-48-46-44-42-39-34-32-30-28-26-23-20-17-14-11-8-5-2/h22-23,25-26,29-32,35-36,71H,4-21,24,27-28,33-34,37-70H2,1-3H3/b25-22-,26-23-,31-29-,32-30-,36-35-. The molecule has 1 unspecified atom stereocenters.